The molecule has 1 fully saturated rings. The van der Waals surface area contributed by atoms with Gasteiger partial charge in [0.25, 0.3) is 0 Å². The number of nitrogens with one attached hydrogen (secondary N) is 3. The molecule has 7 nitrogen and oxygen atoms in total. The van der Waals surface area contributed by atoms with Crippen molar-refractivity contribution in [3.05, 3.63) is 65.1 Å². The second-order valence-corrected chi connectivity index (χ2v) is 7.14. The van der Waals surface area contributed by atoms with Crippen LogP contribution < -0.4 is 16.4 Å². The lowest BCUT2D eigenvalue weighted by Crippen LogP contribution is -2.16. The van der Waals surface area contributed by atoms with Crippen LogP contribution in [0.1, 0.15) is 41.6 Å². The Morgan fingerprint density at radius 1 is 1.24 bits per heavy atom. The molecule has 0 aliphatic heterocycles. The van der Waals surface area contributed by atoms with Crippen LogP contribution in [-0.4, -0.2) is 21.9 Å². The molecule has 0 bridgehead atoms. The fourth-order valence-corrected chi connectivity index (χ4v) is 3.20. The number of rotatable bonds is 7. The Hall–Kier alpha value is -3.57. The average Bonchev–Trinajstić information content (AvgIpc) is 3.48. The number of nitrogens with zero attached hydrogens (tertiary/aromatic N) is 2. The molecule has 148 valence electrons. The van der Waals surface area contributed by atoms with Crippen molar-refractivity contribution in [2.75, 3.05) is 23.0 Å². The first-order valence-electron chi connectivity index (χ1n) is 9.36. The van der Waals surface area contributed by atoms with Gasteiger partial charge in [-0.3, -0.25) is 5.10 Å². The molecule has 6 N–H and O–H groups in total. The molecule has 1 aliphatic carbocycles. The van der Waals surface area contributed by atoms with Gasteiger partial charge in [0.1, 0.15) is 11.9 Å². The first-order valence-corrected chi connectivity index (χ1v) is 9.36. The van der Waals surface area contributed by atoms with Gasteiger partial charge in [0.2, 0.25) is 0 Å². The summed E-state index contributed by atoms with van der Waals surface area (Å²) >= 11 is 0. The lowest BCUT2D eigenvalue weighted by atomic mass is 10.1. The Morgan fingerprint density at radius 3 is 2.66 bits per heavy atom. The quantitative estimate of drug-likeness (QED) is 0.390. The van der Waals surface area contributed by atoms with Crippen LogP contribution >= 0.6 is 0 Å². The molecule has 0 spiro atoms. The van der Waals surface area contributed by atoms with Gasteiger partial charge in [0, 0.05) is 17.7 Å². The molecule has 1 aliphatic rings. The summed E-state index contributed by atoms with van der Waals surface area (Å²) in [5.74, 6) is 0.841. The topological polar surface area (TPSA) is 123 Å². The zero-order valence-electron chi connectivity index (χ0n) is 15.6. The van der Waals surface area contributed by atoms with Crippen LogP contribution in [-0.2, 0) is 0 Å². The van der Waals surface area contributed by atoms with E-state index in [2.05, 4.69) is 26.9 Å². The third kappa shape index (κ3) is 4.15. The Labute approximate surface area is 167 Å². The molecule has 1 heterocycles. The minimum Gasteiger partial charge on any atom is -0.397 e. The van der Waals surface area contributed by atoms with Crippen LogP contribution in [0, 0.1) is 17.1 Å². The van der Waals surface area contributed by atoms with E-state index in [1.807, 2.05) is 6.07 Å². The molecule has 0 saturated heterocycles. The van der Waals surface area contributed by atoms with Gasteiger partial charge in [-0.25, -0.2) is 4.39 Å². The zero-order chi connectivity index (χ0) is 20.4. The number of halogens is 1. The second-order valence-electron chi connectivity index (χ2n) is 7.14. The van der Waals surface area contributed by atoms with Gasteiger partial charge in [0.15, 0.2) is 5.82 Å². The first kappa shape index (κ1) is 18.8. The minimum atomic E-state index is -0.508. The maximum absolute atomic E-state index is 13.2. The monoisotopic (exact) mass is 392 g/mol. The standard InChI is InChI=1S/C21H21FN6O/c22-15-5-3-13(4-6-15)20(11-29)25-17-8-19(16(24)7-14(17)10-23)26-21-9-18(27-28-21)12-1-2-12/h3-9,12,20,25,29H,1-2,11,24H2,(H2,26,27,28)/t20-/m0/s1. The fraction of sp³-hybridized carbons (Fsp3) is 0.238. The third-order valence-electron chi connectivity index (χ3n) is 4.97. The molecule has 2 aromatic carbocycles. The number of benzene rings is 2. The lowest BCUT2D eigenvalue weighted by molar-refractivity contribution is 0.276. The van der Waals surface area contributed by atoms with E-state index in [1.165, 1.54) is 25.0 Å². The number of anilines is 4. The van der Waals surface area contributed by atoms with Crippen LogP contribution in [0.5, 0.6) is 0 Å². The van der Waals surface area contributed by atoms with E-state index in [0.29, 0.717) is 39.9 Å². The Morgan fingerprint density at radius 2 is 2.00 bits per heavy atom. The Kier molecular flexibility index (Phi) is 5.06. The molecule has 1 aromatic heterocycles. The normalized spacial score (nSPS) is 14.2. The van der Waals surface area contributed by atoms with Gasteiger partial charge in [-0.1, -0.05) is 12.1 Å². The molecule has 8 heteroatoms. The number of hydrogen-bond donors (Lipinski definition) is 5. The van der Waals surface area contributed by atoms with E-state index >= 15 is 0 Å². The molecule has 4 rings (SSSR count). The number of hydrogen-bond acceptors (Lipinski definition) is 6. The van der Waals surface area contributed by atoms with E-state index in [0.717, 1.165) is 5.69 Å². The number of aliphatic hydroxyl groups is 1. The summed E-state index contributed by atoms with van der Waals surface area (Å²) in [7, 11) is 0. The number of aromatic amines is 1. The minimum absolute atomic E-state index is 0.228. The van der Waals surface area contributed by atoms with Gasteiger partial charge >= 0.3 is 0 Å². The second kappa shape index (κ2) is 7.81. The van der Waals surface area contributed by atoms with Gasteiger partial charge in [0.05, 0.1) is 35.3 Å². The van der Waals surface area contributed by atoms with Crippen LogP contribution in [0.15, 0.2) is 42.5 Å². The van der Waals surface area contributed by atoms with E-state index in [4.69, 9.17) is 5.73 Å². The number of aliphatic hydroxyl groups excluding tert-OH is 1. The van der Waals surface area contributed by atoms with E-state index in [9.17, 15) is 14.8 Å². The SMILES string of the molecule is N#Cc1cc(N)c(Nc2cc(C3CC3)[nH]n2)cc1N[C@@H](CO)c1ccc(F)cc1. The molecule has 0 amide bonds. The van der Waals surface area contributed by atoms with Crippen molar-refractivity contribution in [2.24, 2.45) is 0 Å². The number of nitrogen functional groups attached to an aromatic ring is 1. The Balaban J connectivity index is 1.60. The van der Waals surface area contributed by atoms with Gasteiger partial charge in [-0.2, -0.15) is 10.4 Å². The molecule has 3 aromatic rings. The summed E-state index contributed by atoms with van der Waals surface area (Å²) in [6.07, 6.45) is 2.33. The summed E-state index contributed by atoms with van der Waals surface area (Å²) in [6, 6.07) is 12.7. The molecule has 1 atom stereocenters. The smallest absolute Gasteiger partial charge is 0.152 e. The van der Waals surface area contributed by atoms with Crippen molar-refractivity contribution in [1.82, 2.24) is 10.2 Å². The summed E-state index contributed by atoms with van der Waals surface area (Å²) in [6.45, 7) is -0.228. The van der Waals surface area contributed by atoms with Crippen molar-refractivity contribution in [3.8, 4) is 6.07 Å². The van der Waals surface area contributed by atoms with Crippen LogP contribution in [0.4, 0.5) is 27.3 Å². The maximum atomic E-state index is 13.2. The van der Waals surface area contributed by atoms with Crippen molar-refractivity contribution >= 4 is 22.9 Å². The fourth-order valence-electron chi connectivity index (χ4n) is 3.20. The summed E-state index contributed by atoms with van der Waals surface area (Å²) in [5.41, 5.74) is 9.75. The number of nitriles is 1. The van der Waals surface area contributed by atoms with Crippen molar-refractivity contribution in [1.29, 1.82) is 5.26 Å². The van der Waals surface area contributed by atoms with Crippen molar-refractivity contribution < 1.29 is 9.50 Å². The third-order valence-corrected chi connectivity index (χ3v) is 4.97. The zero-order valence-corrected chi connectivity index (χ0v) is 15.6. The maximum Gasteiger partial charge on any atom is 0.152 e. The number of H-pyrrole nitrogens is 1. The van der Waals surface area contributed by atoms with Gasteiger partial charge in [-0.15, -0.1) is 0 Å². The van der Waals surface area contributed by atoms with Crippen LogP contribution in [0.25, 0.3) is 0 Å². The van der Waals surface area contributed by atoms with Crippen molar-refractivity contribution in [2.45, 2.75) is 24.8 Å². The van der Waals surface area contributed by atoms with E-state index in [-0.39, 0.29) is 12.4 Å². The summed E-state index contributed by atoms with van der Waals surface area (Å²) in [5, 5.41) is 32.9. The highest BCUT2D eigenvalue weighted by Gasteiger charge is 2.25. The molecule has 0 unspecified atom stereocenters. The molecular weight excluding hydrogens is 371 g/mol. The largest absolute Gasteiger partial charge is 0.397 e. The average molecular weight is 392 g/mol. The van der Waals surface area contributed by atoms with Gasteiger partial charge in [-0.05, 0) is 42.7 Å². The highest BCUT2D eigenvalue weighted by Crippen LogP contribution is 2.40. The Bertz CT molecular complexity index is 1050. The summed E-state index contributed by atoms with van der Waals surface area (Å²) < 4.78 is 13.2. The molecule has 1 saturated carbocycles. The predicted octanol–water partition coefficient (Wildman–Crippen LogP) is 3.77. The van der Waals surface area contributed by atoms with Crippen molar-refractivity contribution in [3.63, 3.8) is 0 Å². The number of nitrogens with two attached hydrogens (primary N) is 1. The first-order chi connectivity index (χ1) is 14.1. The highest BCUT2D eigenvalue weighted by molar-refractivity contribution is 5.79. The van der Waals surface area contributed by atoms with Crippen LogP contribution in [0.2, 0.25) is 0 Å². The molecule has 29 heavy (non-hydrogen) atoms. The van der Waals surface area contributed by atoms with E-state index < -0.39 is 6.04 Å². The van der Waals surface area contributed by atoms with Gasteiger partial charge < -0.3 is 21.5 Å². The lowest BCUT2D eigenvalue weighted by Gasteiger charge is -2.20. The molecular formula is C21H21FN6O. The van der Waals surface area contributed by atoms with Crippen LogP contribution in [0.3, 0.4) is 0 Å². The predicted molar refractivity (Wildman–Crippen MR) is 109 cm³/mol. The van der Waals surface area contributed by atoms with E-state index in [1.54, 1.807) is 24.3 Å². The molecule has 0 radical (unpaired) electrons. The summed E-state index contributed by atoms with van der Waals surface area (Å²) in [4.78, 5) is 0. The highest BCUT2D eigenvalue weighted by atomic mass is 19.1. The number of aromatic nitrogens is 2.